The number of hydrogen-bond acceptors (Lipinski definition) is 3. The van der Waals surface area contributed by atoms with E-state index in [9.17, 15) is 0 Å². The average molecular weight is 248 g/mol. The van der Waals surface area contributed by atoms with Crippen LogP contribution in [0.1, 0.15) is 44.1 Å². The number of nitrogens with one attached hydrogen (secondary N) is 1. The lowest BCUT2D eigenvalue weighted by atomic mass is 10.0. The van der Waals surface area contributed by atoms with Gasteiger partial charge in [0.15, 0.2) is 0 Å². The molecule has 2 rings (SSSR count). The van der Waals surface area contributed by atoms with Gasteiger partial charge in [0, 0.05) is 18.3 Å². The number of rotatable bonds is 7. The summed E-state index contributed by atoms with van der Waals surface area (Å²) in [4.78, 5) is 4.20. The smallest absolute Gasteiger partial charge is 0.217 e. The number of methoxy groups -OCH3 is 1. The van der Waals surface area contributed by atoms with Gasteiger partial charge in [-0.2, -0.15) is 0 Å². The van der Waals surface area contributed by atoms with E-state index in [1.807, 2.05) is 6.07 Å². The van der Waals surface area contributed by atoms with Crippen LogP contribution in [0.25, 0.3) is 0 Å². The average Bonchev–Trinajstić information content (AvgIpc) is 2.92. The van der Waals surface area contributed by atoms with Crippen LogP contribution in [0.2, 0.25) is 0 Å². The summed E-state index contributed by atoms with van der Waals surface area (Å²) >= 11 is 0. The molecular formula is C15H24N2O. The van der Waals surface area contributed by atoms with Crippen molar-refractivity contribution in [3.63, 3.8) is 0 Å². The molecule has 18 heavy (non-hydrogen) atoms. The Morgan fingerprint density at radius 2 is 2.22 bits per heavy atom. The summed E-state index contributed by atoms with van der Waals surface area (Å²) in [6.07, 6.45) is 10.2. The molecule has 0 aromatic carbocycles. The number of nitrogens with zero attached hydrogens (tertiary/aromatic N) is 1. The monoisotopic (exact) mass is 248 g/mol. The van der Waals surface area contributed by atoms with E-state index in [0.29, 0.717) is 0 Å². The van der Waals surface area contributed by atoms with Crippen LogP contribution in [0.15, 0.2) is 18.3 Å². The molecule has 0 aliphatic heterocycles. The molecule has 1 heterocycles. The Bertz CT molecular complexity index is 348. The first kappa shape index (κ1) is 13.3. The third-order valence-corrected chi connectivity index (χ3v) is 3.80. The molecule has 1 aliphatic carbocycles. The summed E-state index contributed by atoms with van der Waals surface area (Å²) < 4.78 is 5.23. The van der Waals surface area contributed by atoms with E-state index in [1.165, 1.54) is 38.5 Å². The predicted molar refractivity (Wildman–Crippen MR) is 73.7 cm³/mol. The molecule has 1 N–H and O–H groups in total. The van der Waals surface area contributed by atoms with Crippen molar-refractivity contribution >= 4 is 0 Å². The molecule has 1 fully saturated rings. The van der Waals surface area contributed by atoms with Crippen LogP contribution < -0.4 is 10.1 Å². The quantitative estimate of drug-likeness (QED) is 0.753. The van der Waals surface area contributed by atoms with E-state index in [-0.39, 0.29) is 0 Å². The number of pyridine rings is 1. The maximum absolute atomic E-state index is 5.23. The standard InChI is InChI=1S/C15H24N2O/c1-18-15-14(9-5-11-17-15)12-16-10-4-8-13-6-2-3-7-13/h5,9,11,13,16H,2-4,6-8,10,12H2,1H3. The van der Waals surface area contributed by atoms with Crippen molar-refractivity contribution in [3.8, 4) is 5.88 Å². The number of ether oxygens (including phenoxy) is 1. The second-order valence-electron chi connectivity index (χ2n) is 5.14. The van der Waals surface area contributed by atoms with Crippen LogP contribution >= 0.6 is 0 Å². The van der Waals surface area contributed by atoms with Gasteiger partial charge < -0.3 is 10.1 Å². The zero-order valence-corrected chi connectivity index (χ0v) is 11.3. The highest BCUT2D eigenvalue weighted by atomic mass is 16.5. The fourth-order valence-corrected chi connectivity index (χ4v) is 2.78. The van der Waals surface area contributed by atoms with Gasteiger partial charge >= 0.3 is 0 Å². The van der Waals surface area contributed by atoms with E-state index in [2.05, 4.69) is 16.4 Å². The lowest BCUT2D eigenvalue weighted by Crippen LogP contribution is -2.16. The lowest BCUT2D eigenvalue weighted by molar-refractivity contribution is 0.390. The molecular weight excluding hydrogens is 224 g/mol. The molecule has 3 heteroatoms. The first-order valence-electron chi connectivity index (χ1n) is 7.08. The van der Waals surface area contributed by atoms with Gasteiger partial charge in [0.25, 0.3) is 0 Å². The summed E-state index contributed by atoms with van der Waals surface area (Å²) in [6, 6.07) is 4.02. The molecule has 3 nitrogen and oxygen atoms in total. The summed E-state index contributed by atoms with van der Waals surface area (Å²) in [5, 5.41) is 3.48. The van der Waals surface area contributed by atoms with Crippen LogP contribution in [-0.4, -0.2) is 18.6 Å². The molecule has 0 saturated heterocycles. The third kappa shape index (κ3) is 3.98. The maximum atomic E-state index is 5.23. The summed E-state index contributed by atoms with van der Waals surface area (Å²) in [5.41, 5.74) is 1.14. The van der Waals surface area contributed by atoms with E-state index in [0.717, 1.165) is 30.5 Å². The van der Waals surface area contributed by atoms with Crippen molar-refractivity contribution in [2.24, 2.45) is 5.92 Å². The minimum Gasteiger partial charge on any atom is -0.481 e. The zero-order valence-electron chi connectivity index (χ0n) is 11.3. The van der Waals surface area contributed by atoms with E-state index in [4.69, 9.17) is 4.74 Å². The molecule has 0 bridgehead atoms. The van der Waals surface area contributed by atoms with Gasteiger partial charge in [-0.3, -0.25) is 0 Å². The van der Waals surface area contributed by atoms with Crippen LogP contribution in [-0.2, 0) is 6.54 Å². The van der Waals surface area contributed by atoms with Crippen LogP contribution in [0.5, 0.6) is 5.88 Å². The van der Waals surface area contributed by atoms with Gasteiger partial charge in [-0.1, -0.05) is 31.7 Å². The van der Waals surface area contributed by atoms with Crippen molar-refractivity contribution in [3.05, 3.63) is 23.9 Å². The Morgan fingerprint density at radius 1 is 1.39 bits per heavy atom. The zero-order chi connectivity index (χ0) is 12.6. The Kier molecular flexibility index (Phi) is 5.46. The lowest BCUT2D eigenvalue weighted by Gasteiger charge is -2.10. The minimum absolute atomic E-state index is 0.737. The van der Waals surface area contributed by atoms with Gasteiger partial charge in [0.2, 0.25) is 5.88 Å². The molecule has 0 unspecified atom stereocenters. The highest BCUT2D eigenvalue weighted by Gasteiger charge is 2.13. The Labute approximate surface area is 110 Å². The Morgan fingerprint density at radius 3 is 3.00 bits per heavy atom. The first-order valence-corrected chi connectivity index (χ1v) is 7.08. The SMILES string of the molecule is COc1ncccc1CNCCCC1CCCC1. The Hall–Kier alpha value is -1.09. The molecule has 1 saturated carbocycles. The fraction of sp³-hybridized carbons (Fsp3) is 0.667. The van der Waals surface area contributed by atoms with Gasteiger partial charge in [-0.05, 0) is 31.4 Å². The summed E-state index contributed by atoms with van der Waals surface area (Å²) in [6.45, 7) is 1.94. The molecule has 1 aliphatic rings. The predicted octanol–water partition coefficient (Wildman–Crippen LogP) is 3.15. The topological polar surface area (TPSA) is 34.1 Å². The molecule has 100 valence electrons. The van der Waals surface area contributed by atoms with E-state index >= 15 is 0 Å². The van der Waals surface area contributed by atoms with Crippen LogP contribution in [0.3, 0.4) is 0 Å². The largest absolute Gasteiger partial charge is 0.481 e. The fourth-order valence-electron chi connectivity index (χ4n) is 2.78. The number of hydrogen-bond donors (Lipinski definition) is 1. The van der Waals surface area contributed by atoms with Crippen molar-refractivity contribution in [2.75, 3.05) is 13.7 Å². The summed E-state index contributed by atoms with van der Waals surface area (Å²) in [7, 11) is 1.67. The normalized spacial score (nSPS) is 16.1. The van der Waals surface area contributed by atoms with Gasteiger partial charge in [-0.25, -0.2) is 4.98 Å². The summed E-state index contributed by atoms with van der Waals surface area (Å²) in [5.74, 6) is 1.74. The molecule has 0 atom stereocenters. The first-order chi connectivity index (χ1) is 8.90. The second-order valence-corrected chi connectivity index (χ2v) is 5.14. The molecule has 1 aromatic rings. The molecule has 1 aromatic heterocycles. The second kappa shape index (κ2) is 7.37. The third-order valence-electron chi connectivity index (χ3n) is 3.80. The van der Waals surface area contributed by atoms with Gasteiger partial charge in [0.1, 0.15) is 0 Å². The minimum atomic E-state index is 0.737. The molecule has 0 spiro atoms. The van der Waals surface area contributed by atoms with Gasteiger partial charge in [-0.15, -0.1) is 0 Å². The van der Waals surface area contributed by atoms with Crippen LogP contribution in [0.4, 0.5) is 0 Å². The van der Waals surface area contributed by atoms with Crippen molar-refractivity contribution in [1.82, 2.24) is 10.3 Å². The highest BCUT2D eigenvalue weighted by Crippen LogP contribution is 2.28. The maximum Gasteiger partial charge on any atom is 0.217 e. The molecule has 0 radical (unpaired) electrons. The number of aromatic nitrogens is 1. The van der Waals surface area contributed by atoms with E-state index < -0.39 is 0 Å². The van der Waals surface area contributed by atoms with E-state index in [1.54, 1.807) is 13.3 Å². The van der Waals surface area contributed by atoms with Crippen molar-refractivity contribution in [2.45, 2.75) is 45.1 Å². The highest BCUT2D eigenvalue weighted by molar-refractivity contribution is 5.24. The molecule has 0 amide bonds. The van der Waals surface area contributed by atoms with Gasteiger partial charge in [0.05, 0.1) is 7.11 Å². The Balaban J connectivity index is 1.62. The van der Waals surface area contributed by atoms with Crippen LogP contribution in [0, 0.1) is 5.92 Å². The van der Waals surface area contributed by atoms with Crippen molar-refractivity contribution in [1.29, 1.82) is 0 Å². The van der Waals surface area contributed by atoms with Crippen molar-refractivity contribution < 1.29 is 4.74 Å².